The molecule has 0 aliphatic rings. The van der Waals surface area contributed by atoms with E-state index in [0.717, 1.165) is 193 Å². The van der Waals surface area contributed by atoms with Crippen molar-refractivity contribution < 1.29 is 80.2 Å². The van der Waals surface area contributed by atoms with E-state index in [9.17, 15) is 43.2 Å². The summed E-state index contributed by atoms with van der Waals surface area (Å²) in [6, 6.07) is 0. The minimum absolute atomic E-state index is 0.0671. The van der Waals surface area contributed by atoms with Crippen LogP contribution in [0.15, 0.2) is 194 Å². The number of phosphoric acid groups is 2. The van der Waals surface area contributed by atoms with Gasteiger partial charge in [-0.05, 0) is 173 Å². The van der Waals surface area contributed by atoms with E-state index in [0.29, 0.717) is 25.7 Å². The molecule has 17 nitrogen and oxygen atoms in total. The summed E-state index contributed by atoms with van der Waals surface area (Å²) >= 11 is 0. The third-order valence-electron chi connectivity index (χ3n) is 17.1. The first kappa shape index (κ1) is 106. The molecule has 0 rings (SSSR count). The number of rotatable bonds is 78. The van der Waals surface area contributed by atoms with Crippen LogP contribution in [0.1, 0.15) is 310 Å². The topological polar surface area (TPSA) is 237 Å². The van der Waals surface area contributed by atoms with Gasteiger partial charge in [0.25, 0.3) is 0 Å². The van der Waals surface area contributed by atoms with Crippen LogP contribution in [-0.2, 0) is 65.4 Å². The lowest BCUT2D eigenvalue weighted by molar-refractivity contribution is -0.161. The van der Waals surface area contributed by atoms with Gasteiger partial charge in [-0.15, -0.1) is 0 Å². The zero-order valence-electron chi connectivity index (χ0n) is 69.5. The lowest BCUT2D eigenvalue weighted by Crippen LogP contribution is -2.30. The van der Waals surface area contributed by atoms with Crippen molar-refractivity contribution in [3.05, 3.63) is 194 Å². The molecule has 0 aliphatic heterocycles. The van der Waals surface area contributed by atoms with Crippen molar-refractivity contribution >= 4 is 39.5 Å². The fraction of sp³-hybridized carbons (Fsp3) is 0.613. The monoisotopic (exact) mass is 1600 g/mol. The van der Waals surface area contributed by atoms with Gasteiger partial charge in [0.15, 0.2) is 12.2 Å². The maximum Gasteiger partial charge on any atom is 0.472 e. The van der Waals surface area contributed by atoms with Crippen LogP contribution in [0.2, 0.25) is 0 Å². The molecule has 0 spiro atoms. The minimum atomic E-state index is -5.03. The van der Waals surface area contributed by atoms with Crippen LogP contribution < -0.4 is 0 Å². The Balaban J connectivity index is 5.51. The maximum atomic E-state index is 13.2. The summed E-state index contributed by atoms with van der Waals surface area (Å²) in [5.41, 5.74) is 0. The third kappa shape index (κ3) is 81.9. The standard InChI is InChI=1S/C93H150O17P2/c1-5-9-13-17-21-25-29-33-37-40-43-46-50-53-57-61-65-69-73-77-90(95)103-83-88(109-92(97)79-75-71-67-63-59-55-49-36-32-28-24-20-16-12-8-4)85-107-111(99,100)105-81-87(94)82-106-112(101,102)108-86-89(110-93(98)80-76-72-68-64-60-56-52-48-45-42-39-35-31-27-23-19-15-11-7-3)84-104-91(96)78-74-70-66-62-58-54-51-47-44-41-38-34-30-26-22-18-14-10-6-2/h9,12-13,16,21-28,33-39,43-49,53,57,59,63,71,75,87-89,94H,5-8,10-11,14-15,17-20,29-32,40-42,50-52,54-56,58,60-62,64-70,72-74,76-86H2,1-4H3,(H,99,100)(H,101,102)/b13-9-,16-12-,25-21-,26-22-,27-23-,28-24-,37-33-,38-34-,39-35-,46-43-,47-44-,48-45-,49-36-,57-53-,63-59-,75-71-. The first-order valence-electron chi connectivity index (χ1n) is 42.7. The second-order valence-electron chi connectivity index (χ2n) is 27.7. The summed E-state index contributed by atoms with van der Waals surface area (Å²) in [4.78, 5) is 73.2. The van der Waals surface area contributed by atoms with E-state index in [-0.39, 0.29) is 25.7 Å². The van der Waals surface area contributed by atoms with Crippen molar-refractivity contribution in [2.75, 3.05) is 39.6 Å². The molecule has 0 fully saturated rings. The molecule has 0 aliphatic carbocycles. The van der Waals surface area contributed by atoms with E-state index in [1.807, 2.05) is 12.2 Å². The van der Waals surface area contributed by atoms with Gasteiger partial charge in [-0.2, -0.15) is 0 Å². The van der Waals surface area contributed by atoms with Gasteiger partial charge < -0.3 is 33.8 Å². The molecule has 634 valence electrons. The molecule has 0 bridgehead atoms. The van der Waals surface area contributed by atoms with Crippen LogP contribution >= 0.6 is 15.6 Å². The highest BCUT2D eigenvalue weighted by Crippen LogP contribution is 2.45. The highest BCUT2D eigenvalue weighted by atomic mass is 31.2. The van der Waals surface area contributed by atoms with Gasteiger partial charge in [-0.1, -0.05) is 306 Å². The molecule has 0 aromatic heterocycles. The fourth-order valence-electron chi connectivity index (χ4n) is 10.6. The molecule has 19 heteroatoms. The molecular formula is C93H150O17P2. The zero-order valence-corrected chi connectivity index (χ0v) is 71.3. The Kier molecular flexibility index (Phi) is 78.4. The van der Waals surface area contributed by atoms with Crippen LogP contribution in [0.3, 0.4) is 0 Å². The first-order chi connectivity index (χ1) is 54.7. The van der Waals surface area contributed by atoms with Gasteiger partial charge >= 0.3 is 39.5 Å². The summed E-state index contributed by atoms with van der Waals surface area (Å²) in [6.07, 6.45) is 103. The van der Waals surface area contributed by atoms with Crippen molar-refractivity contribution in [3.8, 4) is 0 Å². The van der Waals surface area contributed by atoms with Crippen molar-refractivity contribution in [1.82, 2.24) is 0 Å². The lowest BCUT2D eigenvalue weighted by atomic mass is 10.1. The largest absolute Gasteiger partial charge is 0.472 e. The van der Waals surface area contributed by atoms with Gasteiger partial charge in [0.05, 0.1) is 32.8 Å². The number of aliphatic hydroxyl groups is 1. The number of hydrogen-bond donors (Lipinski definition) is 3. The number of unbranched alkanes of at least 4 members (excludes halogenated alkanes) is 21. The van der Waals surface area contributed by atoms with Crippen molar-refractivity contribution in [3.63, 3.8) is 0 Å². The molecule has 0 amide bonds. The van der Waals surface area contributed by atoms with E-state index in [2.05, 4.69) is 198 Å². The Hall–Kier alpha value is -6.10. The van der Waals surface area contributed by atoms with E-state index in [1.54, 1.807) is 12.2 Å². The molecule has 0 aromatic rings. The molecule has 0 saturated heterocycles. The number of esters is 4. The molecule has 5 unspecified atom stereocenters. The van der Waals surface area contributed by atoms with E-state index in [1.165, 1.54) is 38.5 Å². The smallest absolute Gasteiger partial charge is 0.462 e. The third-order valence-corrected chi connectivity index (χ3v) is 19.0. The number of aliphatic hydroxyl groups excluding tert-OH is 1. The molecule has 0 saturated carbocycles. The van der Waals surface area contributed by atoms with Gasteiger partial charge in [0.2, 0.25) is 0 Å². The summed E-state index contributed by atoms with van der Waals surface area (Å²) in [5, 5.41) is 10.7. The van der Waals surface area contributed by atoms with Gasteiger partial charge in [-0.3, -0.25) is 37.3 Å². The average molecular weight is 1600 g/mol. The number of allylic oxidation sites excluding steroid dienone is 31. The number of phosphoric ester groups is 2. The highest BCUT2D eigenvalue weighted by Gasteiger charge is 2.30. The average Bonchev–Trinajstić information content (AvgIpc) is 0.898. The van der Waals surface area contributed by atoms with Crippen LogP contribution in [-0.4, -0.2) is 96.7 Å². The Bertz CT molecular complexity index is 2890. The lowest BCUT2D eigenvalue weighted by Gasteiger charge is -2.21. The quantitative estimate of drug-likeness (QED) is 0.0169. The molecule has 3 N–H and O–H groups in total. The SMILES string of the molecule is CC/C=C\C/C=C\C/C=C\C/C=C\C/C=C\CCCCCC(=O)OCC(COP(=O)(O)OCC(O)COP(=O)(O)OCC(COC(=O)CCCCCCCC/C=C\C/C=C\C/C=C\CCCCC)OC(=O)CCCCCCCC/C=C\C/C=C\C/C=C\CCCCC)OC(=O)C/C=C\C/C=C\C/C=C\C/C=C\C/C=C\CC. The Morgan fingerprint density at radius 1 is 0.268 bits per heavy atom. The molecule has 0 radical (unpaired) electrons. The van der Waals surface area contributed by atoms with Crippen molar-refractivity contribution in [1.29, 1.82) is 0 Å². The Morgan fingerprint density at radius 3 is 0.804 bits per heavy atom. The van der Waals surface area contributed by atoms with Crippen LogP contribution in [0.5, 0.6) is 0 Å². The molecule has 112 heavy (non-hydrogen) atoms. The maximum absolute atomic E-state index is 13.2. The summed E-state index contributed by atoms with van der Waals surface area (Å²) in [6.45, 7) is 4.41. The normalized spacial score (nSPS) is 14.7. The molecule has 0 aromatic carbocycles. The zero-order chi connectivity index (χ0) is 81.7. The van der Waals surface area contributed by atoms with Crippen LogP contribution in [0.25, 0.3) is 0 Å². The van der Waals surface area contributed by atoms with Crippen LogP contribution in [0.4, 0.5) is 0 Å². The number of ether oxygens (including phenoxy) is 4. The highest BCUT2D eigenvalue weighted by molar-refractivity contribution is 7.47. The number of carbonyl (C=O) groups is 4. The predicted molar refractivity (Wildman–Crippen MR) is 463 cm³/mol. The summed E-state index contributed by atoms with van der Waals surface area (Å²) in [7, 11) is -10.0. The molecular weight excluding hydrogens is 1450 g/mol. The molecule has 5 atom stereocenters. The Labute approximate surface area is 678 Å². The van der Waals surface area contributed by atoms with Gasteiger partial charge in [-0.25, -0.2) is 9.13 Å². The van der Waals surface area contributed by atoms with Gasteiger partial charge in [0, 0.05) is 19.3 Å². The van der Waals surface area contributed by atoms with Crippen molar-refractivity contribution in [2.24, 2.45) is 0 Å². The van der Waals surface area contributed by atoms with Crippen LogP contribution in [0, 0.1) is 0 Å². The second-order valence-corrected chi connectivity index (χ2v) is 30.6. The minimum Gasteiger partial charge on any atom is -0.462 e. The Morgan fingerprint density at radius 2 is 0.500 bits per heavy atom. The van der Waals surface area contributed by atoms with E-state index >= 15 is 0 Å². The fourth-order valence-corrected chi connectivity index (χ4v) is 12.2. The van der Waals surface area contributed by atoms with E-state index in [4.69, 9.17) is 37.0 Å². The van der Waals surface area contributed by atoms with Crippen molar-refractivity contribution in [2.45, 2.75) is 329 Å². The summed E-state index contributed by atoms with van der Waals surface area (Å²) < 4.78 is 68.6. The number of hydrogen-bond acceptors (Lipinski definition) is 15. The summed E-state index contributed by atoms with van der Waals surface area (Å²) in [5.74, 6) is -2.40. The first-order valence-corrected chi connectivity index (χ1v) is 45.7. The molecule has 0 heterocycles. The van der Waals surface area contributed by atoms with E-state index < -0.39 is 97.5 Å². The van der Waals surface area contributed by atoms with Gasteiger partial charge in [0.1, 0.15) is 19.3 Å². The second kappa shape index (κ2) is 82.9. The predicted octanol–water partition coefficient (Wildman–Crippen LogP) is 25.7. The number of carbonyl (C=O) groups excluding carboxylic acids is 4.